The Kier molecular flexibility index (Phi) is 4.04. The van der Waals surface area contributed by atoms with Crippen LogP contribution in [0.2, 0.25) is 0 Å². The van der Waals surface area contributed by atoms with Gasteiger partial charge in [0.2, 0.25) is 0 Å². The molecule has 1 aliphatic rings. The average molecular weight is 272 g/mol. The topological polar surface area (TPSA) is 15.3 Å². The number of nitrogens with zero attached hydrogens (tertiary/aromatic N) is 1. The predicted molar refractivity (Wildman–Crippen MR) is 69.8 cm³/mol. The molecule has 1 N–H and O–H groups in total. The van der Waals surface area contributed by atoms with Crippen LogP contribution < -0.4 is 10.2 Å². The van der Waals surface area contributed by atoms with Crippen LogP contribution in [0.5, 0.6) is 0 Å². The lowest BCUT2D eigenvalue weighted by atomic mass is 9.98. The Labute approximate surface area is 111 Å². The fourth-order valence-corrected chi connectivity index (χ4v) is 2.40. The summed E-state index contributed by atoms with van der Waals surface area (Å²) in [5, 5.41) is 3.44. The Hall–Kier alpha value is -1.23. The van der Waals surface area contributed by atoms with Crippen LogP contribution in [0.25, 0.3) is 0 Å². The summed E-state index contributed by atoms with van der Waals surface area (Å²) in [6, 6.07) is 2.14. The number of nitrogens with one attached hydrogen (secondary N) is 1. The van der Waals surface area contributed by atoms with Crippen LogP contribution in [0.1, 0.15) is 26.7 Å². The van der Waals surface area contributed by atoms with Crippen LogP contribution in [0.4, 0.5) is 18.9 Å². The molecule has 1 heterocycles. The van der Waals surface area contributed by atoms with Crippen molar-refractivity contribution in [3.8, 4) is 0 Å². The molecule has 1 fully saturated rings. The molecule has 0 spiro atoms. The Morgan fingerprint density at radius 3 is 2.47 bits per heavy atom. The highest BCUT2D eigenvalue weighted by atomic mass is 19.2. The highest BCUT2D eigenvalue weighted by Gasteiger charge is 2.28. The molecular formula is C14H19F3N2. The van der Waals surface area contributed by atoms with Crippen molar-refractivity contribution in [3.05, 3.63) is 29.6 Å². The van der Waals surface area contributed by atoms with E-state index in [4.69, 9.17) is 0 Å². The van der Waals surface area contributed by atoms with Gasteiger partial charge in [0.25, 0.3) is 0 Å². The van der Waals surface area contributed by atoms with E-state index in [0.717, 1.165) is 31.5 Å². The predicted octanol–water partition coefficient (Wildman–Crippen LogP) is 3.07. The molecule has 1 saturated heterocycles. The standard InChI is InChI=1S/C14H19F3N2/c1-3-14(2)9-19(6-4-5-18-14)10-7-11(15)13(17)12(16)8-10/h7-8,18H,3-6,9H2,1-2H3. The van der Waals surface area contributed by atoms with Gasteiger partial charge in [0.15, 0.2) is 17.5 Å². The van der Waals surface area contributed by atoms with E-state index in [1.54, 1.807) is 0 Å². The molecule has 1 aromatic rings. The summed E-state index contributed by atoms with van der Waals surface area (Å²) in [4.78, 5) is 1.91. The van der Waals surface area contributed by atoms with E-state index >= 15 is 0 Å². The van der Waals surface area contributed by atoms with Crippen molar-refractivity contribution < 1.29 is 13.2 Å². The van der Waals surface area contributed by atoms with Gasteiger partial charge in [-0.1, -0.05) is 6.92 Å². The third kappa shape index (κ3) is 3.03. The molecule has 0 amide bonds. The molecule has 106 valence electrons. The molecule has 0 bridgehead atoms. The summed E-state index contributed by atoms with van der Waals surface area (Å²) in [6.45, 7) is 6.37. The Balaban J connectivity index is 2.29. The van der Waals surface area contributed by atoms with Gasteiger partial charge in [-0.05, 0) is 26.3 Å². The molecule has 0 aliphatic carbocycles. The highest BCUT2D eigenvalue weighted by molar-refractivity contribution is 5.48. The maximum Gasteiger partial charge on any atom is 0.194 e. The number of hydrogen-bond donors (Lipinski definition) is 1. The molecule has 1 aromatic carbocycles. The van der Waals surface area contributed by atoms with E-state index in [1.165, 1.54) is 0 Å². The van der Waals surface area contributed by atoms with E-state index in [1.807, 2.05) is 4.90 Å². The molecule has 0 aromatic heterocycles. The first-order valence-corrected chi connectivity index (χ1v) is 6.60. The minimum atomic E-state index is -1.41. The maximum atomic E-state index is 13.3. The van der Waals surface area contributed by atoms with Crippen molar-refractivity contribution in [1.82, 2.24) is 5.32 Å². The highest BCUT2D eigenvalue weighted by Crippen LogP contribution is 2.25. The van der Waals surface area contributed by atoms with Gasteiger partial charge < -0.3 is 10.2 Å². The Bertz CT molecular complexity index is 441. The summed E-state index contributed by atoms with van der Waals surface area (Å²) in [7, 11) is 0. The maximum absolute atomic E-state index is 13.3. The summed E-state index contributed by atoms with van der Waals surface area (Å²) in [6.07, 6.45) is 1.80. The molecule has 2 nitrogen and oxygen atoms in total. The minimum Gasteiger partial charge on any atom is -0.369 e. The van der Waals surface area contributed by atoms with Crippen LogP contribution in [0.15, 0.2) is 12.1 Å². The average Bonchev–Trinajstić information content (AvgIpc) is 2.58. The number of anilines is 1. The van der Waals surface area contributed by atoms with Gasteiger partial charge in [-0.15, -0.1) is 0 Å². The van der Waals surface area contributed by atoms with Crippen LogP contribution in [-0.4, -0.2) is 25.2 Å². The normalized spacial score (nSPS) is 24.4. The molecule has 19 heavy (non-hydrogen) atoms. The third-order valence-electron chi connectivity index (χ3n) is 3.81. The van der Waals surface area contributed by atoms with Crippen LogP contribution >= 0.6 is 0 Å². The summed E-state index contributed by atoms with van der Waals surface area (Å²) in [5.41, 5.74) is 0.303. The Morgan fingerprint density at radius 1 is 1.26 bits per heavy atom. The van der Waals surface area contributed by atoms with Crippen LogP contribution in [0, 0.1) is 17.5 Å². The van der Waals surface area contributed by atoms with E-state index in [0.29, 0.717) is 18.8 Å². The first-order chi connectivity index (χ1) is 8.95. The lowest BCUT2D eigenvalue weighted by molar-refractivity contribution is 0.366. The third-order valence-corrected chi connectivity index (χ3v) is 3.81. The van der Waals surface area contributed by atoms with Crippen molar-refractivity contribution in [2.75, 3.05) is 24.5 Å². The molecule has 5 heteroatoms. The van der Waals surface area contributed by atoms with E-state index < -0.39 is 17.5 Å². The number of halogens is 3. The second-order valence-corrected chi connectivity index (χ2v) is 5.34. The van der Waals surface area contributed by atoms with Crippen molar-refractivity contribution in [1.29, 1.82) is 0 Å². The zero-order chi connectivity index (χ0) is 14.0. The zero-order valence-corrected chi connectivity index (χ0v) is 11.3. The molecule has 1 unspecified atom stereocenters. The smallest absolute Gasteiger partial charge is 0.194 e. The molecule has 0 radical (unpaired) electrons. The SMILES string of the molecule is CCC1(C)CN(c2cc(F)c(F)c(F)c2)CCCN1. The fourth-order valence-electron chi connectivity index (χ4n) is 2.40. The van der Waals surface area contributed by atoms with Gasteiger partial charge in [-0.3, -0.25) is 0 Å². The van der Waals surface area contributed by atoms with Gasteiger partial charge in [0.1, 0.15) is 0 Å². The molecule has 2 rings (SSSR count). The van der Waals surface area contributed by atoms with Crippen LogP contribution in [-0.2, 0) is 0 Å². The number of hydrogen-bond acceptors (Lipinski definition) is 2. The second kappa shape index (κ2) is 5.41. The van der Waals surface area contributed by atoms with Crippen LogP contribution in [0.3, 0.4) is 0 Å². The van der Waals surface area contributed by atoms with Gasteiger partial charge in [-0.25, -0.2) is 13.2 Å². The molecular weight excluding hydrogens is 253 g/mol. The van der Waals surface area contributed by atoms with Gasteiger partial charge in [0, 0.05) is 36.4 Å². The Morgan fingerprint density at radius 2 is 1.89 bits per heavy atom. The second-order valence-electron chi connectivity index (χ2n) is 5.34. The largest absolute Gasteiger partial charge is 0.369 e. The van der Waals surface area contributed by atoms with E-state index in [-0.39, 0.29) is 5.54 Å². The summed E-state index contributed by atoms with van der Waals surface area (Å²) in [5.74, 6) is -3.68. The first kappa shape index (κ1) is 14.2. The molecule has 1 atom stereocenters. The lowest BCUT2D eigenvalue weighted by Crippen LogP contribution is -2.48. The van der Waals surface area contributed by atoms with Gasteiger partial charge in [-0.2, -0.15) is 0 Å². The van der Waals surface area contributed by atoms with Crippen molar-refractivity contribution in [2.45, 2.75) is 32.2 Å². The quantitative estimate of drug-likeness (QED) is 0.832. The summed E-state index contributed by atoms with van der Waals surface area (Å²) < 4.78 is 39.6. The zero-order valence-electron chi connectivity index (χ0n) is 11.3. The number of benzene rings is 1. The molecule has 1 aliphatic heterocycles. The summed E-state index contributed by atoms with van der Waals surface area (Å²) >= 11 is 0. The monoisotopic (exact) mass is 272 g/mol. The van der Waals surface area contributed by atoms with Gasteiger partial charge >= 0.3 is 0 Å². The van der Waals surface area contributed by atoms with Gasteiger partial charge in [0.05, 0.1) is 0 Å². The first-order valence-electron chi connectivity index (χ1n) is 6.60. The lowest BCUT2D eigenvalue weighted by Gasteiger charge is -2.34. The molecule has 0 saturated carbocycles. The fraction of sp³-hybridized carbons (Fsp3) is 0.571. The van der Waals surface area contributed by atoms with E-state index in [9.17, 15) is 13.2 Å². The van der Waals surface area contributed by atoms with Crippen molar-refractivity contribution >= 4 is 5.69 Å². The van der Waals surface area contributed by atoms with Crippen molar-refractivity contribution in [2.24, 2.45) is 0 Å². The number of rotatable bonds is 2. The van der Waals surface area contributed by atoms with Crippen molar-refractivity contribution in [3.63, 3.8) is 0 Å². The van der Waals surface area contributed by atoms with E-state index in [2.05, 4.69) is 19.2 Å². The minimum absolute atomic E-state index is 0.0994.